The molecule has 4 nitrogen and oxygen atoms in total. The number of amides is 2. The van der Waals surface area contributed by atoms with Gasteiger partial charge in [-0.2, -0.15) is 0 Å². The van der Waals surface area contributed by atoms with Gasteiger partial charge in [0.05, 0.1) is 9.81 Å². The molecule has 0 N–H and O–H groups in total. The van der Waals surface area contributed by atoms with Crippen molar-refractivity contribution < 1.29 is 9.59 Å². The number of hydrogen-bond acceptors (Lipinski definition) is 6. The number of hydrogen-bond donors (Lipinski definition) is 0. The molecular formula is C26H20N2O2S4. The van der Waals surface area contributed by atoms with Gasteiger partial charge in [-0.15, -0.1) is 0 Å². The summed E-state index contributed by atoms with van der Waals surface area (Å²) in [5.41, 5.74) is 1.95. The highest BCUT2D eigenvalue weighted by Gasteiger charge is 2.32. The highest BCUT2D eigenvalue weighted by atomic mass is 32.2. The number of carbonyl (C=O) groups excluding carboxylic acids is 2. The molecule has 2 aliphatic heterocycles. The fourth-order valence-electron chi connectivity index (χ4n) is 4.31. The van der Waals surface area contributed by atoms with Gasteiger partial charge in [0.2, 0.25) is 0 Å². The summed E-state index contributed by atoms with van der Waals surface area (Å²) in [7, 11) is 0. The van der Waals surface area contributed by atoms with Crippen LogP contribution in [0.5, 0.6) is 0 Å². The molecule has 0 saturated carbocycles. The van der Waals surface area contributed by atoms with Gasteiger partial charge in [-0.3, -0.25) is 19.4 Å². The molecule has 0 atom stereocenters. The summed E-state index contributed by atoms with van der Waals surface area (Å²) in [6.45, 7) is 4.96. The van der Waals surface area contributed by atoms with Gasteiger partial charge in [-0.25, -0.2) is 0 Å². The van der Waals surface area contributed by atoms with Crippen LogP contribution in [-0.4, -0.2) is 43.3 Å². The number of thiocarbonyl (C=S) groups is 2. The third-order valence-corrected chi connectivity index (χ3v) is 8.70. The van der Waals surface area contributed by atoms with Gasteiger partial charge in [0, 0.05) is 13.1 Å². The third kappa shape index (κ3) is 3.79. The van der Waals surface area contributed by atoms with E-state index in [9.17, 15) is 9.59 Å². The third-order valence-electron chi connectivity index (χ3n) is 5.95. The van der Waals surface area contributed by atoms with Gasteiger partial charge in [0.1, 0.15) is 8.64 Å². The minimum absolute atomic E-state index is 0.0574. The number of nitrogens with zero attached hydrogens (tertiary/aromatic N) is 2. The molecule has 2 saturated heterocycles. The van der Waals surface area contributed by atoms with Crippen LogP contribution in [0.3, 0.4) is 0 Å². The molecule has 5 rings (SSSR count). The molecule has 2 fully saturated rings. The standard InChI is InChI=1S/C26H20N2O2S4/c1-3-27-23(29)21(33-25(27)31)13-19-15-9-5-7-11-17(15)20(18-12-8-6-10-16(18)19)14-22-24(30)28(4-2)26(32)34-22/h5-14H,3-4H2,1-2H3. The van der Waals surface area contributed by atoms with Crippen LogP contribution < -0.4 is 0 Å². The van der Waals surface area contributed by atoms with Gasteiger partial charge in [0.15, 0.2) is 0 Å². The van der Waals surface area contributed by atoms with Crippen LogP contribution in [-0.2, 0) is 9.59 Å². The lowest BCUT2D eigenvalue weighted by Gasteiger charge is -2.14. The molecule has 3 aromatic rings. The van der Waals surface area contributed by atoms with Crippen LogP contribution >= 0.6 is 48.0 Å². The second-order valence-corrected chi connectivity index (χ2v) is 11.1. The summed E-state index contributed by atoms with van der Waals surface area (Å²) in [4.78, 5) is 30.4. The van der Waals surface area contributed by atoms with Crippen molar-refractivity contribution in [2.45, 2.75) is 13.8 Å². The second kappa shape index (κ2) is 9.26. The smallest absolute Gasteiger partial charge is 0.266 e. The number of fused-ring (bicyclic) bond motifs is 2. The van der Waals surface area contributed by atoms with Crippen molar-refractivity contribution >= 4 is 102 Å². The number of likely N-dealkylation sites (N-methyl/N-ethyl adjacent to an activating group) is 2. The first-order chi connectivity index (χ1) is 16.4. The lowest BCUT2D eigenvalue weighted by Crippen LogP contribution is -2.27. The van der Waals surface area contributed by atoms with Crippen molar-refractivity contribution in [1.82, 2.24) is 9.80 Å². The topological polar surface area (TPSA) is 40.6 Å². The first-order valence-corrected chi connectivity index (χ1v) is 13.3. The summed E-state index contributed by atoms with van der Waals surface area (Å²) in [6, 6.07) is 16.2. The second-order valence-electron chi connectivity index (χ2n) is 7.77. The Hall–Kier alpha value is -2.52. The number of benzene rings is 3. The monoisotopic (exact) mass is 520 g/mol. The van der Waals surface area contributed by atoms with Crippen LogP contribution in [0.25, 0.3) is 33.7 Å². The Balaban J connectivity index is 1.77. The van der Waals surface area contributed by atoms with Crippen molar-refractivity contribution in [1.29, 1.82) is 0 Å². The Morgan fingerprint density at radius 1 is 0.676 bits per heavy atom. The molecule has 0 bridgehead atoms. The SMILES string of the molecule is CCN1C(=O)C(=Cc2c3ccccc3c(C=C3SC(=S)N(CC)C3=O)c3ccccc23)SC1=S. The predicted molar refractivity (Wildman–Crippen MR) is 153 cm³/mol. The lowest BCUT2D eigenvalue weighted by atomic mass is 9.91. The number of rotatable bonds is 4. The van der Waals surface area contributed by atoms with E-state index in [1.807, 2.05) is 50.3 Å². The molecule has 3 aromatic carbocycles. The van der Waals surface area contributed by atoms with Crippen molar-refractivity contribution in [2.24, 2.45) is 0 Å². The van der Waals surface area contributed by atoms with E-state index in [-0.39, 0.29) is 11.8 Å². The Labute approximate surface area is 217 Å². The van der Waals surface area contributed by atoms with Crippen LogP contribution in [0.1, 0.15) is 25.0 Å². The van der Waals surface area contributed by atoms with E-state index in [2.05, 4.69) is 24.3 Å². The quantitative estimate of drug-likeness (QED) is 0.224. The van der Waals surface area contributed by atoms with E-state index in [1.54, 1.807) is 9.80 Å². The fraction of sp³-hybridized carbons (Fsp3) is 0.154. The Morgan fingerprint density at radius 3 is 1.26 bits per heavy atom. The summed E-state index contributed by atoms with van der Waals surface area (Å²) in [5.74, 6) is -0.115. The molecule has 2 amide bonds. The van der Waals surface area contributed by atoms with Crippen molar-refractivity contribution in [3.63, 3.8) is 0 Å². The minimum Gasteiger partial charge on any atom is -0.293 e. The van der Waals surface area contributed by atoms with Crippen LogP contribution in [0.4, 0.5) is 0 Å². The van der Waals surface area contributed by atoms with Gasteiger partial charge in [0.25, 0.3) is 11.8 Å². The van der Waals surface area contributed by atoms with Gasteiger partial charge < -0.3 is 0 Å². The molecular weight excluding hydrogens is 501 g/mol. The maximum atomic E-state index is 12.9. The average Bonchev–Trinajstić information content (AvgIpc) is 3.27. The zero-order valence-corrected chi connectivity index (χ0v) is 21.8. The van der Waals surface area contributed by atoms with Gasteiger partial charge >= 0.3 is 0 Å². The summed E-state index contributed by atoms with van der Waals surface area (Å²) < 4.78 is 1.17. The highest BCUT2D eigenvalue weighted by Crippen LogP contribution is 2.40. The largest absolute Gasteiger partial charge is 0.293 e. The summed E-state index contributed by atoms with van der Waals surface area (Å²) >= 11 is 13.5. The first-order valence-electron chi connectivity index (χ1n) is 10.9. The number of thioether (sulfide) groups is 2. The number of carbonyl (C=O) groups is 2. The fourth-order valence-corrected chi connectivity index (χ4v) is 7.05. The molecule has 0 aliphatic carbocycles. The van der Waals surface area contributed by atoms with E-state index in [0.29, 0.717) is 31.5 Å². The maximum absolute atomic E-state index is 12.9. The molecule has 2 heterocycles. The van der Waals surface area contributed by atoms with Crippen LogP contribution in [0.2, 0.25) is 0 Å². The predicted octanol–water partition coefficient (Wildman–Crippen LogP) is 6.44. The maximum Gasteiger partial charge on any atom is 0.266 e. The van der Waals surface area contributed by atoms with Gasteiger partial charge in [-0.05, 0) is 58.7 Å². The molecule has 8 heteroatoms. The molecule has 2 aliphatic rings. The van der Waals surface area contributed by atoms with E-state index in [0.717, 1.165) is 32.7 Å². The minimum atomic E-state index is -0.0574. The zero-order valence-electron chi connectivity index (χ0n) is 18.5. The van der Waals surface area contributed by atoms with E-state index >= 15 is 0 Å². The highest BCUT2D eigenvalue weighted by molar-refractivity contribution is 8.27. The zero-order chi connectivity index (χ0) is 24.0. The van der Waals surface area contributed by atoms with Gasteiger partial charge in [-0.1, -0.05) is 96.5 Å². The van der Waals surface area contributed by atoms with Crippen molar-refractivity contribution in [3.05, 3.63) is 69.5 Å². The van der Waals surface area contributed by atoms with E-state index in [4.69, 9.17) is 24.4 Å². The van der Waals surface area contributed by atoms with Crippen LogP contribution in [0.15, 0.2) is 58.3 Å². The molecule has 0 spiro atoms. The molecule has 0 radical (unpaired) electrons. The molecule has 0 aromatic heterocycles. The van der Waals surface area contributed by atoms with Crippen LogP contribution in [0, 0.1) is 0 Å². The Bertz CT molecular complexity index is 1310. The first kappa shape index (κ1) is 23.2. The molecule has 170 valence electrons. The average molecular weight is 521 g/mol. The molecule has 0 unspecified atom stereocenters. The normalized spacial score (nSPS) is 19.1. The summed E-state index contributed by atoms with van der Waals surface area (Å²) in [6.07, 6.45) is 3.92. The van der Waals surface area contributed by atoms with Crippen molar-refractivity contribution in [3.8, 4) is 0 Å². The Morgan fingerprint density at radius 2 is 1.00 bits per heavy atom. The summed E-state index contributed by atoms with van der Waals surface area (Å²) in [5, 5.41) is 4.06. The Kier molecular flexibility index (Phi) is 6.33. The van der Waals surface area contributed by atoms with E-state index in [1.165, 1.54) is 23.5 Å². The lowest BCUT2D eigenvalue weighted by molar-refractivity contribution is -0.122. The van der Waals surface area contributed by atoms with E-state index < -0.39 is 0 Å². The van der Waals surface area contributed by atoms with Crippen molar-refractivity contribution in [2.75, 3.05) is 13.1 Å². The molecule has 34 heavy (non-hydrogen) atoms.